The molecule has 0 fully saturated rings. The predicted octanol–water partition coefficient (Wildman–Crippen LogP) is 3.41. The normalized spacial score (nSPS) is 10.8. The highest BCUT2D eigenvalue weighted by Crippen LogP contribution is 2.18. The van der Waals surface area contributed by atoms with Crippen LogP contribution in [0.4, 0.5) is 11.5 Å². The van der Waals surface area contributed by atoms with Gasteiger partial charge in [0.15, 0.2) is 0 Å². The molecule has 0 saturated heterocycles. The highest BCUT2D eigenvalue weighted by molar-refractivity contribution is 9.10. The molecule has 3 rings (SSSR count). The molecule has 2 heterocycles. The molecule has 7 nitrogen and oxygen atoms in total. The molecule has 25 heavy (non-hydrogen) atoms. The van der Waals surface area contributed by atoms with Crippen LogP contribution in [0.5, 0.6) is 0 Å². The summed E-state index contributed by atoms with van der Waals surface area (Å²) in [5.74, 6) is 0.00967. The summed E-state index contributed by atoms with van der Waals surface area (Å²) >= 11 is 3.43. The smallest absolute Gasteiger partial charge is 0.364 e. The van der Waals surface area contributed by atoms with Gasteiger partial charge in [0, 0.05) is 17.2 Å². The SMILES string of the molecule is O=c1c([N+](=O)[O-])c(NCCCc2cccc(Br)c2)nc2ccccn12. The number of anilines is 1. The van der Waals surface area contributed by atoms with E-state index in [4.69, 9.17) is 0 Å². The maximum absolute atomic E-state index is 12.3. The first-order valence-electron chi connectivity index (χ1n) is 7.70. The number of nitrogens with zero attached hydrogens (tertiary/aromatic N) is 3. The molecule has 2 aromatic heterocycles. The molecule has 8 heteroatoms. The monoisotopic (exact) mass is 402 g/mol. The standard InChI is InChI=1S/C17H15BrN4O3/c18-13-7-3-5-12(11-13)6-4-9-19-16-15(22(24)25)17(23)21-10-2-1-8-14(21)20-16/h1-3,5,7-8,10-11,19H,4,6,9H2. The molecule has 128 valence electrons. The number of aromatic nitrogens is 2. The second kappa shape index (κ2) is 7.43. The van der Waals surface area contributed by atoms with Gasteiger partial charge in [-0.05, 0) is 42.7 Å². The van der Waals surface area contributed by atoms with Gasteiger partial charge in [0.25, 0.3) is 0 Å². The first-order valence-corrected chi connectivity index (χ1v) is 8.49. The molecule has 0 unspecified atom stereocenters. The average Bonchev–Trinajstić information content (AvgIpc) is 2.58. The van der Waals surface area contributed by atoms with Crippen LogP contribution in [-0.2, 0) is 6.42 Å². The number of pyridine rings is 1. The summed E-state index contributed by atoms with van der Waals surface area (Å²) in [7, 11) is 0. The van der Waals surface area contributed by atoms with Crippen molar-refractivity contribution in [3.63, 3.8) is 0 Å². The Bertz CT molecular complexity index is 987. The van der Waals surface area contributed by atoms with Crippen LogP contribution in [0.15, 0.2) is 57.9 Å². The Kier molecular flexibility index (Phi) is 5.08. The van der Waals surface area contributed by atoms with Gasteiger partial charge in [-0.25, -0.2) is 4.98 Å². The Balaban J connectivity index is 1.77. The van der Waals surface area contributed by atoms with Crippen molar-refractivity contribution in [2.24, 2.45) is 0 Å². The third-order valence-corrected chi connectivity index (χ3v) is 4.21. The van der Waals surface area contributed by atoms with Gasteiger partial charge in [0.1, 0.15) is 5.65 Å². The molecule has 0 spiro atoms. The number of nitro groups is 1. The zero-order valence-electron chi connectivity index (χ0n) is 13.2. The number of rotatable bonds is 6. The lowest BCUT2D eigenvalue weighted by atomic mass is 10.1. The number of aryl methyl sites for hydroxylation is 1. The van der Waals surface area contributed by atoms with E-state index >= 15 is 0 Å². The van der Waals surface area contributed by atoms with Crippen molar-refractivity contribution in [2.75, 3.05) is 11.9 Å². The van der Waals surface area contributed by atoms with Crippen molar-refractivity contribution in [2.45, 2.75) is 12.8 Å². The molecule has 0 aliphatic rings. The fourth-order valence-electron chi connectivity index (χ4n) is 2.56. The van der Waals surface area contributed by atoms with Gasteiger partial charge in [-0.1, -0.05) is 34.1 Å². The first-order chi connectivity index (χ1) is 12.1. The minimum absolute atomic E-state index is 0.00967. The van der Waals surface area contributed by atoms with Crippen LogP contribution in [0.1, 0.15) is 12.0 Å². The maximum atomic E-state index is 12.3. The highest BCUT2D eigenvalue weighted by atomic mass is 79.9. The molecule has 1 N–H and O–H groups in total. The maximum Gasteiger partial charge on any atom is 0.376 e. The molecule has 3 aromatic rings. The lowest BCUT2D eigenvalue weighted by molar-refractivity contribution is -0.385. The molecule has 0 aliphatic heterocycles. The minimum atomic E-state index is -0.690. The molecule has 0 saturated carbocycles. The van der Waals surface area contributed by atoms with Crippen LogP contribution < -0.4 is 10.9 Å². The molecule has 0 atom stereocenters. The third kappa shape index (κ3) is 3.85. The van der Waals surface area contributed by atoms with Gasteiger partial charge in [0.05, 0.1) is 4.92 Å². The van der Waals surface area contributed by atoms with Crippen molar-refractivity contribution >= 4 is 33.1 Å². The summed E-state index contributed by atoms with van der Waals surface area (Å²) in [4.78, 5) is 27.1. The fraction of sp³-hybridized carbons (Fsp3) is 0.176. The van der Waals surface area contributed by atoms with Gasteiger partial charge in [0.2, 0.25) is 5.82 Å². The molecule has 0 bridgehead atoms. The Morgan fingerprint density at radius 3 is 2.84 bits per heavy atom. The van der Waals surface area contributed by atoms with E-state index in [1.807, 2.05) is 24.3 Å². The van der Waals surface area contributed by atoms with E-state index in [9.17, 15) is 14.9 Å². The molecule has 0 radical (unpaired) electrons. The van der Waals surface area contributed by atoms with E-state index in [0.29, 0.717) is 12.2 Å². The lowest BCUT2D eigenvalue weighted by Crippen LogP contribution is -2.21. The zero-order chi connectivity index (χ0) is 17.8. The van der Waals surface area contributed by atoms with Crippen LogP contribution in [-0.4, -0.2) is 20.9 Å². The van der Waals surface area contributed by atoms with Crippen LogP contribution in [0.25, 0.3) is 5.65 Å². The fourth-order valence-corrected chi connectivity index (χ4v) is 3.01. The zero-order valence-corrected chi connectivity index (χ0v) is 14.8. The van der Waals surface area contributed by atoms with Crippen LogP contribution >= 0.6 is 15.9 Å². The van der Waals surface area contributed by atoms with Crippen LogP contribution in [0.2, 0.25) is 0 Å². The number of hydrogen-bond acceptors (Lipinski definition) is 5. The second-order valence-electron chi connectivity index (χ2n) is 5.46. The van der Waals surface area contributed by atoms with Crippen molar-refractivity contribution in [3.8, 4) is 0 Å². The van der Waals surface area contributed by atoms with E-state index in [1.165, 1.54) is 10.6 Å². The van der Waals surface area contributed by atoms with E-state index in [0.717, 1.165) is 22.9 Å². The van der Waals surface area contributed by atoms with Gasteiger partial charge in [-0.15, -0.1) is 0 Å². The van der Waals surface area contributed by atoms with Crippen molar-refractivity contribution in [1.29, 1.82) is 0 Å². The third-order valence-electron chi connectivity index (χ3n) is 3.72. The number of halogens is 1. The summed E-state index contributed by atoms with van der Waals surface area (Å²) in [6.07, 6.45) is 3.03. The summed E-state index contributed by atoms with van der Waals surface area (Å²) in [5, 5.41) is 14.2. The van der Waals surface area contributed by atoms with Gasteiger partial charge in [-0.3, -0.25) is 19.3 Å². The van der Waals surface area contributed by atoms with Gasteiger partial charge >= 0.3 is 11.2 Å². The largest absolute Gasteiger partial charge is 0.376 e. The quantitative estimate of drug-likeness (QED) is 0.387. The van der Waals surface area contributed by atoms with E-state index in [-0.39, 0.29) is 5.82 Å². The molecular weight excluding hydrogens is 388 g/mol. The minimum Gasteiger partial charge on any atom is -0.364 e. The Labute approximate surface area is 151 Å². The van der Waals surface area contributed by atoms with E-state index < -0.39 is 16.2 Å². The molecular formula is C17H15BrN4O3. The molecule has 0 aliphatic carbocycles. The van der Waals surface area contributed by atoms with Crippen LogP contribution in [0.3, 0.4) is 0 Å². The lowest BCUT2D eigenvalue weighted by Gasteiger charge is -2.08. The van der Waals surface area contributed by atoms with Crippen molar-refractivity contribution < 1.29 is 4.92 Å². The first kappa shape index (κ1) is 17.1. The molecule has 1 aromatic carbocycles. The average molecular weight is 403 g/mol. The second-order valence-corrected chi connectivity index (χ2v) is 6.38. The highest BCUT2D eigenvalue weighted by Gasteiger charge is 2.22. The van der Waals surface area contributed by atoms with E-state index in [2.05, 4.69) is 26.2 Å². The predicted molar refractivity (Wildman–Crippen MR) is 99.1 cm³/mol. The Morgan fingerprint density at radius 2 is 2.08 bits per heavy atom. The summed E-state index contributed by atoms with van der Waals surface area (Å²) in [5.41, 5.74) is 0.307. The molecule has 0 amide bonds. The Morgan fingerprint density at radius 1 is 1.24 bits per heavy atom. The summed E-state index contributed by atoms with van der Waals surface area (Å²) < 4.78 is 2.18. The number of nitrogens with one attached hydrogen (secondary N) is 1. The van der Waals surface area contributed by atoms with Crippen molar-refractivity contribution in [3.05, 3.63) is 79.2 Å². The summed E-state index contributed by atoms with van der Waals surface area (Å²) in [6, 6.07) is 13.0. The van der Waals surface area contributed by atoms with E-state index in [1.54, 1.807) is 18.2 Å². The van der Waals surface area contributed by atoms with Gasteiger partial charge in [-0.2, -0.15) is 0 Å². The number of benzene rings is 1. The Hall–Kier alpha value is -2.74. The summed E-state index contributed by atoms with van der Waals surface area (Å²) in [6.45, 7) is 0.475. The van der Waals surface area contributed by atoms with Crippen molar-refractivity contribution in [1.82, 2.24) is 9.38 Å². The topological polar surface area (TPSA) is 89.5 Å². The number of hydrogen-bond donors (Lipinski definition) is 1. The van der Waals surface area contributed by atoms with Crippen LogP contribution in [0, 0.1) is 10.1 Å². The number of fused-ring (bicyclic) bond motifs is 1. The van der Waals surface area contributed by atoms with Gasteiger partial charge < -0.3 is 5.32 Å².